The Labute approximate surface area is 135 Å². The van der Waals surface area contributed by atoms with Crippen LogP contribution in [0.25, 0.3) is 22.0 Å². The zero-order chi connectivity index (χ0) is 15.1. The molecule has 108 valence electrons. The third-order valence-electron chi connectivity index (χ3n) is 3.51. The van der Waals surface area contributed by atoms with Gasteiger partial charge >= 0.3 is 0 Å². The number of amides is 1. The van der Waals surface area contributed by atoms with Crippen molar-refractivity contribution < 1.29 is 4.79 Å². The minimum Gasteiger partial charge on any atom is -0.278 e. The normalized spacial score (nSPS) is 15.0. The van der Waals surface area contributed by atoms with E-state index in [2.05, 4.69) is 29.2 Å². The molecule has 1 fully saturated rings. The van der Waals surface area contributed by atoms with Gasteiger partial charge in [-0.1, -0.05) is 48.2 Å². The number of thiazole rings is 1. The SMILES string of the molecule is N=C1SCC(=O)N1c1nc(-c2ccc3ccccc3c2)cs1. The van der Waals surface area contributed by atoms with Crippen LogP contribution in [0.3, 0.4) is 0 Å². The first-order valence-electron chi connectivity index (χ1n) is 6.71. The Hall–Kier alpha value is -2.18. The van der Waals surface area contributed by atoms with Crippen LogP contribution < -0.4 is 4.90 Å². The van der Waals surface area contributed by atoms with Crippen molar-refractivity contribution in [2.45, 2.75) is 0 Å². The lowest BCUT2D eigenvalue weighted by Crippen LogP contribution is -2.28. The fourth-order valence-electron chi connectivity index (χ4n) is 2.41. The van der Waals surface area contributed by atoms with Crippen LogP contribution in [-0.4, -0.2) is 21.8 Å². The summed E-state index contributed by atoms with van der Waals surface area (Å²) in [6, 6.07) is 14.4. The molecule has 0 saturated carbocycles. The topological polar surface area (TPSA) is 57.1 Å². The number of anilines is 1. The highest BCUT2D eigenvalue weighted by Gasteiger charge is 2.30. The molecule has 0 spiro atoms. The van der Waals surface area contributed by atoms with Crippen LogP contribution in [-0.2, 0) is 4.79 Å². The Balaban J connectivity index is 1.73. The minimum atomic E-state index is -0.0746. The lowest BCUT2D eigenvalue weighted by Gasteiger charge is -2.09. The average molecular weight is 325 g/mol. The van der Waals surface area contributed by atoms with Crippen LogP contribution in [0.2, 0.25) is 0 Å². The van der Waals surface area contributed by atoms with Crippen molar-refractivity contribution in [3.05, 3.63) is 47.8 Å². The minimum absolute atomic E-state index is 0.0746. The lowest BCUT2D eigenvalue weighted by atomic mass is 10.1. The van der Waals surface area contributed by atoms with Gasteiger partial charge in [0.1, 0.15) is 0 Å². The largest absolute Gasteiger partial charge is 0.278 e. The molecule has 1 aliphatic rings. The Morgan fingerprint density at radius 3 is 2.73 bits per heavy atom. The lowest BCUT2D eigenvalue weighted by molar-refractivity contribution is -0.115. The van der Waals surface area contributed by atoms with Crippen molar-refractivity contribution in [3.8, 4) is 11.3 Å². The van der Waals surface area contributed by atoms with Gasteiger partial charge in [-0.2, -0.15) is 0 Å². The smallest absolute Gasteiger partial charge is 0.245 e. The van der Waals surface area contributed by atoms with E-state index in [0.29, 0.717) is 10.9 Å². The van der Waals surface area contributed by atoms with Crippen LogP contribution in [0.1, 0.15) is 0 Å². The van der Waals surface area contributed by atoms with Crippen molar-refractivity contribution in [2.24, 2.45) is 0 Å². The summed E-state index contributed by atoms with van der Waals surface area (Å²) < 4.78 is 0. The number of carbonyl (C=O) groups excluding carboxylic acids is 1. The van der Waals surface area contributed by atoms with Crippen LogP contribution in [0.4, 0.5) is 5.13 Å². The van der Waals surface area contributed by atoms with Crippen LogP contribution in [0, 0.1) is 5.41 Å². The number of amidine groups is 1. The fourth-order valence-corrected chi connectivity index (χ4v) is 4.03. The standard InChI is InChI=1S/C16H11N3OS2/c17-15-19(14(20)9-21-15)16-18-13(8-22-16)12-6-5-10-3-1-2-4-11(10)7-12/h1-8,17H,9H2. The summed E-state index contributed by atoms with van der Waals surface area (Å²) in [7, 11) is 0. The van der Waals surface area contributed by atoms with Gasteiger partial charge in [-0.05, 0) is 16.8 Å². The molecule has 4 nitrogen and oxygen atoms in total. The molecule has 2 aromatic carbocycles. The molecule has 0 bridgehead atoms. The maximum absolute atomic E-state index is 11.8. The van der Waals surface area contributed by atoms with E-state index in [1.54, 1.807) is 0 Å². The molecular formula is C16H11N3OS2. The number of fused-ring (bicyclic) bond motifs is 1. The summed E-state index contributed by atoms with van der Waals surface area (Å²) in [6.45, 7) is 0. The molecule has 2 heterocycles. The number of nitrogens with one attached hydrogen (secondary N) is 1. The van der Waals surface area contributed by atoms with Crippen LogP contribution in [0.5, 0.6) is 0 Å². The molecule has 1 aromatic heterocycles. The van der Waals surface area contributed by atoms with Crippen molar-refractivity contribution >= 4 is 50.1 Å². The molecule has 22 heavy (non-hydrogen) atoms. The molecule has 0 aliphatic carbocycles. The number of benzene rings is 2. The number of aromatic nitrogens is 1. The monoisotopic (exact) mass is 325 g/mol. The van der Waals surface area contributed by atoms with Gasteiger partial charge < -0.3 is 0 Å². The number of nitrogens with zero attached hydrogens (tertiary/aromatic N) is 2. The first-order valence-corrected chi connectivity index (χ1v) is 8.58. The average Bonchev–Trinajstić information content (AvgIpc) is 3.14. The number of thioether (sulfide) groups is 1. The first-order chi connectivity index (χ1) is 10.7. The van der Waals surface area contributed by atoms with Crippen LogP contribution >= 0.6 is 23.1 Å². The Bertz CT molecular complexity index is 887. The van der Waals surface area contributed by atoms with E-state index in [1.165, 1.54) is 33.4 Å². The van der Waals surface area contributed by atoms with Gasteiger partial charge in [-0.15, -0.1) is 11.3 Å². The predicted molar refractivity (Wildman–Crippen MR) is 92.7 cm³/mol. The van der Waals surface area contributed by atoms with Crippen molar-refractivity contribution in [1.82, 2.24) is 4.98 Å². The summed E-state index contributed by atoms with van der Waals surface area (Å²) >= 11 is 2.64. The molecule has 1 N–H and O–H groups in total. The summed E-state index contributed by atoms with van der Waals surface area (Å²) in [5.74, 6) is 0.249. The quantitative estimate of drug-likeness (QED) is 0.775. The fraction of sp³-hybridized carbons (Fsp3) is 0.0625. The maximum atomic E-state index is 11.8. The Morgan fingerprint density at radius 1 is 1.14 bits per heavy atom. The molecule has 0 unspecified atom stereocenters. The highest BCUT2D eigenvalue weighted by Crippen LogP contribution is 2.32. The molecule has 1 aliphatic heterocycles. The molecule has 1 saturated heterocycles. The highest BCUT2D eigenvalue weighted by atomic mass is 32.2. The second kappa shape index (κ2) is 5.23. The Morgan fingerprint density at radius 2 is 1.95 bits per heavy atom. The summed E-state index contributed by atoms with van der Waals surface area (Å²) in [5.41, 5.74) is 1.86. The van der Waals surface area contributed by atoms with Gasteiger partial charge in [0.25, 0.3) is 0 Å². The van der Waals surface area contributed by atoms with E-state index in [-0.39, 0.29) is 11.1 Å². The number of hydrogen-bond donors (Lipinski definition) is 1. The maximum Gasteiger partial charge on any atom is 0.245 e. The highest BCUT2D eigenvalue weighted by molar-refractivity contribution is 8.15. The van der Waals surface area contributed by atoms with Crippen molar-refractivity contribution in [3.63, 3.8) is 0 Å². The molecule has 6 heteroatoms. The van der Waals surface area contributed by atoms with Gasteiger partial charge in [-0.25, -0.2) is 9.88 Å². The number of hydrogen-bond acceptors (Lipinski definition) is 5. The zero-order valence-corrected chi connectivity index (χ0v) is 13.1. The van der Waals surface area contributed by atoms with Crippen LogP contribution in [0.15, 0.2) is 47.8 Å². The third kappa shape index (κ3) is 2.20. The van der Waals surface area contributed by atoms with Gasteiger partial charge in [0, 0.05) is 10.9 Å². The van der Waals surface area contributed by atoms with E-state index in [0.717, 1.165) is 16.6 Å². The second-order valence-corrected chi connectivity index (χ2v) is 6.70. The van der Waals surface area contributed by atoms with E-state index >= 15 is 0 Å². The van der Waals surface area contributed by atoms with E-state index in [1.807, 2.05) is 23.6 Å². The van der Waals surface area contributed by atoms with Gasteiger partial charge in [-0.3, -0.25) is 10.2 Å². The molecule has 4 rings (SSSR count). The van der Waals surface area contributed by atoms with E-state index < -0.39 is 0 Å². The second-order valence-electron chi connectivity index (χ2n) is 4.90. The number of carbonyl (C=O) groups is 1. The van der Waals surface area contributed by atoms with Crippen molar-refractivity contribution in [1.29, 1.82) is 5.41 Å². The summed E-state index contributed by atoms with van der Waals surface area (Å²) in [5, 5.41) is 12.9. The molecule has 3 aromatic rings. The molecule has 0 atom stereocenters. The zero-order valence-electron chi connectivity index (χ0n) is 11.4. The first kappa shape index (κ1) is 13.5. The predicted octanol–water partition coefficient (Wildman–Crippen LogP) is 3.98. The Kier molecular flexibility index (Phi) is 3.20. The van der Waals surface area contributed by atoms with E-state index in [9.17, 15) is 4.79 Å². The summed E-state index contributed by atoms with van der Waals surface area (Å²) in [6.07, 6.45) is 0. The van der Waals surface area contributed by atoms with E-state index in [4.69, 9.17) is 5.41 Å². The molecule has 1 amide bonds. The number of rotatable bonds is 2. The third-order valence-corrected chi connectivity index (χ3v) is 5.19. The van der Waals surface area contributed by atoms with Gasteiger partial charge in [0.2, 0.25) is 5.91 Å². The summed E-state index contributed by atoms with van der Waals surface area (Å²) in [4.78, 5) is 17.8. The van der Waals surface area contributed by atoms with Gasteiger partial charge in [0.15, 0.2) is 10.3 Å². The molecule has 0 radical (unpaired) electrons. The molecular weight excluding hydrogens is 314 g/mol. The van der Waals surface area contributed by atoms with Gasteiger partial charge in [0.05, 0.1) is 11.4 Å². The van der Waals surface area contributed by atoms with Crippen molar-refractivity contribution in [2.75, 3.05) is 10.7 Å².